The van der Waals surface area contributed by atoms with E-state index in [1.54, 1.807) is 0 Å². The Hall–Kier alpha value is -1.42. The zero-order chi connectivity index (χ0) is 11.7. The molecule has 1 N–H and O–H groups in total. The second-order valence-corrected chi connectivity index (χ2v) is 4.95. The molecule has 0 amide bonds. The molecule has 0 aliphatic carbocycles. The summed E-state index contributed by atoms with van der Waals surface area (Å²) in [7, 11) is 1.93. The molecule has 0 bridgehead atoms. The van der Waals surface area contributed by atoms with Crippen LogP contribution < -0.4 is 5.32 Å². The number of nitrogens with one attached hydrogen (secondary N) is 1. The molecule has 1 aliphatic heterocycles. The standard InChI is InChI=1S/C13H18N4/c1-17-13-5-4-10(8-12(13)15-16-17)7-11-3-2-6-14-9-11/h4-5,8,11,14H,2-3,6-7,9H2,1H3. The Bertz CT molecular complexity index is 511. The van der Waals surface area contributed by atoms with E-state index in [0.717, 1.165) is 29.9 Å². The third kappa shape index (κ3) is 2.17. The summed E-state index contributed by atoms with van der Waals surface area (Å²) in [5.74, 6) is 0.776. The third-order valence-corrected chi connectivity index (χ3v) is 3.60. The van der Waals surface area contributed by atoms with Gasteiger partial charge in [0.1, 0.15) is 5.52 Å². The van der Waals surface area contributed by atoms with E-state index >= 15 is 0 Å². The quantitative estimate of drug-likeness (QED) is 0.850. The van der Waals surface area contributed by atoms with Crippen LogP contribution in [0.5, 0.6) is 0 Å². The van der Waals surface area contributed by atoms with Crippen molar-refractivity contribution in [1.82, 2.24) is 20.3 Å². The van der Waals surface area contributed by atoms with Crippen molar-refractivity contribution in [3.63, 3.8) is 0 Å². The fourth-order valence-corrected chi connectivity index (χ4v) is 2.64. The number of piperidine rings is 1. The smallest absolute Gasteiger partial charge is 0.113 e. The van der Waals surface area contributed by atoms with Gasteiger partial charge in [0.25, 0.3) is 0 Å². The van der Waals surface area contributed by atoms with Crippen LogP contribution in [0.25, 0.3) is 11.0 Å². The fourth-order valence-electron chi connectivity index (χ4n) is 2.64. The zero-order valence-electron chi connectivity index (χ0n) is 10.2. The fraction of sp³-hybridized carbons (Fsp3) is 0.538. The Morgan fingerprint density at radius 1 is 1.47 bits per heavy atom. The van der Waals surface area contributed by atoms with Crippen molar-refractivity contribution in [2.45, 2.75) is 19.3 Å². The molecule has 4 heteroatoms. The molecule has 0 spiro atoms. The molecule has 17 heavy (non-hydrogen) atoms. The Balaban J connectivity index is 1.80. The maximum atomic E-state index is 4.17. The largest absolute Gasteiger partial charge is 0.316 e. The van der Waals surface area contributed by atoms with Gasteiger partial charge in [0, 0.05) is 7.05 Å². The molecule has 4 nitrogen and oxygen atoms in total. The number of hydrogen-bond acceptors (Lipinski definition) is 3. The molecule has 1 atom stereocenters. The van der Waals surface area contributed by atoms with E-state index in [0.29, 0.717) is 0 Å². The number of aromatic nitrogens is 3. The Kier molecular flexibility index (Phi) is 2.81. The highest BCUT2D eigenvalue weighted by molar-refractivity contribution is 5.74. The molecule has 1 aromatic heterocycles. The molecular weight excluding hydrogens is 212 g/mol. The first-order chi connectivity index (χ1) is 8.33. The topological polar surface area (TPSA) is 42.7 Å². The molecule has 1 fully saturated rings. The molecule has 1 aliphatic rings. The van der Waals surface area contributed by atoms with Crippen LogP contribution in [0.15, 0.2) is 18.2 Å². The molecule has 1 unspecified atom stereocenters. The summed E-state index contributed by atoms with van der Waals surface area (Å²) in [5, 5.41) is 11.7. The van der Waals surface area contributed by atoms with Crippen molar-refractivity contribution in [2.24, 2.45) is 13.0 Å². The highest BCUT2D eigenvalue weighted by Gasteiger charge is 2.14. The summed E-state index contributed by atoms with van der Waals surface area (Å²) in [4.78, 5) is 0. The molecule has 0 saturated carbocycles. The van der Waals surface area contributed by atoms with Crippen LogP contribution in [0.2, 0.25) is 0 Å². The lowest BCUT2D eigenvalue weighted by atomic mass is 9.92. The Morgan fingerprint density at radius 3 is 3.24 bits per heavy atom. The van der Waals surface area contributed by atoms with Gasteiger partial charge >= 0.3 is 0 Å². The van der Waals surface area contributed by atoms with E-state index in [4.69, 9.17) is 0 Å². The van der Waals surface area contributed by atoms with Gasteiger partial charge in [-0.15, -0.1) is 5.10 Å². The predicted molar refractivity (Wildman–Crippen MR) is 67.8 cm³/mol. The van der Waals surface area contributed by atoms with Gasteiger partial charge in [-0.2, -0.15) is 0 Å². The van der Waals surface area contributed by atoms with Gasteiger partial charge in [-0.1, -0.05) is 11.3 Å². The van der Waals surface area contributed by atoms with E-state index in [1.807, 2.05) is 11.7 Å². The van der Waals surface area contributed by atoms with Gasteiger partial charge in [0.05, 0.1) is 5.52 Å². The lowest BCUT2D eigenvalue weighted by Gasteiger charge is -2.22. The summed E-state index contributed by atoms with van der Waals surface area (Å²) < 4.78 is 1.82. The number of benzene rings is 1. The highest BCUT2D eigenvalue weighted by Crippen LogP contribution is 2.19. The summed E-state index contributed by atoms with van der Waals surface area (Å²) in [5.41, 5.74) is 3.50. The minimum absolute atomic E-state index is 0.776. The van der Waals surface area contributed by atoms with E-state index in [1.165, 1.54) is 24.9 Å². The van der Waals surface area contributed by atoms with Gasteiger partial charge in [-0.3, -0.25) is 0 Å². The van der Waals surface area contributed by atoms with E-state index < -0.39 is 0 Å². The summed E-state index contributed by atoms with van der Waals surface area (Å²) in [6, 6.07) is 6.51. The maximum absolute atomic E-state index is 4.17. The molecule has 3 rings (SSSR count). The van der Waals surface area contributed by atoms with Crippen LogP contribution in [-0.2, 0) is 13.5 Å². The number of fused-ring (bicyclic) bond motifs is 1. The van der Waals surface area contributed by atoms with Gasteiger partial charge in [-0.25, -0.2) is 4.68 Å². The average Bonchev–Trinajstić information content (AvgIpc) is 2.72. The molecule has 90 valence electrons. The van der Waals surface area contributed by atoms with Crippen molar-refractivity contribution in [3.8, 4) is 0 Å². The zero-order valence-corrected chi connectivity index (χ0v) is 10.2. The Morgan fingerprint density at radius 2 is 2.41 bits per heavy atom. The van der Waals surface area contributed by atoms with Crippen molar-refractivity contribution in [2.75, 3.05) is 13.1 Å². The van der Waals surface area contributed by atoms with Crippen molar-refractivity contribution in [3.05, 3.63) is 23.8 Å². The predicted octanol–water partition coefficient (Wildman–Crippen LogP) is 1.51. The molecule has 2 heterocycles. The minimum Gasteiger partial charge on any atom is -0.316 e. The third-order valence-electron chi connectivity index (χ3n) is 3.60. The van der Waals surface area contributed by atoms with Gasteiger partial charge in [0.15, 0.2) is 0 Å². The monoisotopic (exact) mass is 230 g/mol. The van der Waals surface area contributed by atoms with Crippen molar-refractivity contribution < 1.29 is 0 Å². The number of rotatable bonds is 2. The first-order valence-corrected chi connectivity index (χ1v) is 6.32. The number of aryl methyl sites for hydroxylation is 1. The molecule has 1 saturated heterocycles. The number of nitrogens with zero attached hydrogens (tertiary/aromatic N) is 3. The summed E-state index contributed by atoms with van der Waals surface area (Å²) in [6.45, 7) is 2.33. The Labute approximate surface area is 101 Å². The lowest BCUT2D eigenvalue weighted by molar-refractivity contribution is 0.376. The lowest BCUT2D eigenvalue weighted by Crippen LogP contribution is -2.30. The maximum Gasteiger partial charge on any atom is 0.113 e. The summed E-state index contributed by atoms with van der Waals surface area (Å²) >= 11 is 0. The van der Waals surface area contributed by atoms with Crippen molar-refractivity contribution >= 4 is 11.0 Å². The van der Waals surface area contributed by atoms with Crippen LogP contribution in [0.1, 0.15) is 18.4 Å². The van der Waals surface area contributed by atoms with Crippen LogP contribution in [0.3, 0.4) is 0 Å². The van der Waals surface area contributed by atoms with Crippen molar-refractivity contribution in [1.29, 1.82) is 0 Å². The summed E-state index contributed by atoms with van der Waals surface area (Å²) in [6.07, 6.45) is 3.79. The normalized spacial score (nSPS) is 20.9. The second-order valence-electron chi connectivity index (χ2n) is 4.95. The van der Waals surface area contributed by atoms with Crippen LogP contribution in [0, 0.1) is 5.92 Å². The average molecular weight is 230 g/mol. The van der Waals surface area contributed by atoms with Gasteiger partial charge in [0.2, 0.25) is 0 Å². The van der Waals surface area contributed by atoms with Gasteiger partial charge in [-0.05, 0) is 56.0 Å². The van der Waals surface area contributed by atoms with Gasteiger partial charge < -0.3 is 5.32 Å². The highest BCUT2D eigenvalue weighted by atomic mass is 15.4. The van der Waals surface area contributed by atoms with Crippen LogP contribution >= 0.6 is 0 Å². The first-order valence-electron chi connectivity index (χ1n) is 6.32. The van der Waals surface area contributed by atoms with Crippen LogP contribution in [0.4, 0.5) is 0 Å². The minimum atomic E-state index is 0.776. The van der Waals surface area contributed by atoms with E-state index in [9.17, 15) is 0 Å². The number of hydrogen-bond donors (Lipinski definition) is 1. The second kappa shape index (κ2) is 4.45. The molecular formula is C13H18N4. The molecule has 1 aromatic carbocycles. The SMILES string of the molecule is Cn1nnc2cc(CC3CCCNC3)ccc21. The molecule has 2 aromatic rings. The van der Waals surface area contributed by atoms with Crippen LogP contribution in [-0.4, -0.2) is 28.1 Å². The molecule has 0 radical (unpaired) electrons. The first kappa shape index (κ1) is 10.7. The van der Waals surface area contributed by atoms with E-state index in [2.05, 4.69) is 33.8 Å². The van der Waals surface area contributed by atoms with E-state index in [-0.39, 0.29) is 0 Å².